The number of hydrogen-bond acceptors (Lipinski definition) is 2. The van der Waals surface area contributed by atoms with Gasteiger partial charge in [-0.2, -0.15) is 0 Å². The van der Waals surface area contributed by atoms with Crippen LogP contribution in [0.5, 0.6) is 0 Å². The van der Waals surface area contributed by atoms with Gasteiger partial charge in [-0.25, -0.2) is 0 Å². The number of rotatable bonds is 4. The Labute approximate surface area is 124 Å². The zero-order valence-electron chi connectivity index (χ0n) is 11.8. The highest BCUT2D eigenvalue weighted by molar-refractivity contribution is 5.74. The molecule has 0 aliphatic carbocycles. The van der Waals surface area contributed by atoms with Gasteiger partial charge in [0.15, 0.2) is 0 Å². The molecule has 1 aliphatic heterocycles. The van der Waals surface area contributed by atoms with Crippen LogP contribution in [0.25, 0.3) is 0 Å². The zero-order valence-corrected chi connectivity index (χ0v) is 11.8. The number of benzene rings is 2. The van der Waals surface area contributed by atoms with Gasteiger partial charge in [-0.15, -0.1) is 0 Å². The minimum Gasteiger partial charge on any atom is -0.480 e. The maximum absolute atomic E-state index is 11.0. The predicted octanol–water partition coefficient (Wildman–Crippen LogP) is 2.81. The molecule has 0 radical (unpaired) electrons. The third kappa shape index (κ3) is 3.31. The van der Waals surface area contributed by atoms with E-state index >= 15 is 0 Å². The van der Waals surface area contributed by atoms with Gasteiger partial charge in [-0.3, -0.25) is 4.79 Å². The third-order valence-corrected chi connectivity index (χ3v) is 4.13. The Morgan fingerprint density at radius 1 is 1.05 bits per heavy atom. The molecule has 0 saturated carbocycles. The van der Waals surface area contributed by atoms with Gasteiger partial charge in [0.05, 0.1) is 0 Å². The van der Waals surface area contributed by atoms with E-state index in [2.05, 4.69) is 53.8 Å². The van der Waals surface area contributed by atoms with Gasteiger partial charge < -0.3 is 10.4 Å². The quantitative estimate of drug-likeness (QED) is 0.906. The first-order chi connectivity index (χ1) is 10.2. The highest BCUT2D eigenvalue weighted by Crippen LogP contribution is 2.26. The van der Waals surface area contributed by atoms with Gasteiger partial charge in [0.1, 0.15) is 6.04 Å². The summed E-state index contributed by atoms with van der Waals surface area (Å²) in [6, 6.07) is 18.6. The molecule has 3 heteroatoms. The van der Waals surface area contributed by atoms with E-state index < -0.39 is 12.0 Å². The molecule has 0 bridgehead atoms. The Balaban J connectivity index is 1.66. The maximum atomic E-state index is 11.0. The van der Waals surface area contributed by atoms with Gasteiger partial charge in [0.25, 0.3) is 0 Å². The molecule has 0 aromatic heterocycles. The summed E-state index contributed by atoms with van der Waals surface area (Å²) < 4.78 is 0. The molecule has 2 aromatic rings. The number of carbonyl (C=O) groups is 1. The van der Waals surface area contributed by atoms with Crippen LogP contribution in [0.2, 0.25) is 0 Å². The van der Waals surface area contributed by atoms with Crippen LogP contribution in [-0.4, -0.2) is 23.7 Å². The average Bonchev–Trinajstić information content (AvgIpc) is 2.99. The zero-order chi connectivity index (χ0) is 14.7. The van der Waals surface area contributed by atoms with Crippen molar-refractivity contribution in [2.75, 3.05) is 6.54 Å². The summed E-state index contributed by atoms with van der Waals surface area (Å²) in [5, 5.41) is 12.1. The minimum atomic E-state index is -0.752. The van der Waals surface area contributed by atoms with E-state index in [-0.39, 0.29) is 0 Å². The molecule has 1 fully saturated rings. The molecule has 108 valence electrons. The lowest BCUT2D eigenvalue weighted by Gasteiger charge is -2.10. The van der Waals surface area contributed by atoms with Crippen LogP contribution in [0, 0.1) is 0 Å². The van der Waals surface area contributed by atoms with Crippen molar-refractivity contribution in [3.05, 3.63) is 71.3 Å². The SMILES string of the molecule is O=C(O)[C@@H]1C[C@H](c2ccc(Cc3ccccc3)cc2)CN1. The van der Waals surface area contributed by atoms with Crippen molar-refractivity contribution in [3.63, 3.8) is 0 Å². The number of nitrogens with one attached hydrogen (secondary N) is 1. The van der Waals surface area contributed by atoms with E-state index in [4.69, 9.17) is 5.11 Å². The summed E-state index contributed by atoms with van der Waals surface area (Å²) in [5.74, 6) is -0.449. The monoisotopic (exact) mass is 281 g/mol. The molecule has 3 nitrogen and oxygen atoms in total. The van der Waals surface area contributed by atoms with Crippen molar-refractivity contribution >= 4 is 5.97 Å². The standard InChI is InChI=1S/C18H19NO2/c20-18(21)17-11-16(12-19-17)15-8-6-14(7-9-15)10-13-4-2-1-3-5-13/h1-9,16-17,19H,10-12H2,(H,20,21)/t16-,17-/m0/s1. The van der Waals surface area contributed by atoms with Crippen LogP contribution in [0.15, 0.2) is 54.6 Å². The van der Waals surface area contributed by atoms with E-state index in [0.29, 0.717) is 12.3 Å². The van der Waals surface area contributed by atoms with E-state index in [1.54, 1.807) is 0 Å². The van der Waals surface area contributed by atoms with Crippen LogP contribution in [0.3, 0.4) is 0 Å². The molecule has 0 amide bonds. The Bertz CT molecular complexity index is 607. The third-order valence-electron chi connectivity index (χ3n) is 4.13. The molecular formula is C18H19NO2. The van der Waals surface area contributed by atoms with Crippen molar-refractivity contribution < 1.29 is 9.90 Å². The first-order valence-electron chi connectivity index (χ1n) is 7.31. The molecular weight excluding hydrogens is 262 g/mol. The van der Waals surface area contributed by atoms with E-state index in [9.17, 15) is 4.79 Å². The van der Waals surface area contributed by atoms with Crippen molar-refractivity contribution in [3.8, 4) is 0 Å². The van der Waals surface area contributed by atoms with Crippen LogP contribution in [0.1, 0.15) is 29.0 Å². The lowest BCUT2D eigenvalue weighted by atomic mass is 9.94. The van der Waals surface area contributed by atoms with Crippen LogP contribution in [-0.2, 0) is 11.2 Å². The normalized spacial score (nSPS) is 21.3. The van der Waals surface area contributed by atoms with Crippen molar-refractivity contribution in [1.29, 1.82) is 0 Å². The second-order valence-electron chi connectivity index (χ2n) is 5.64. The molecule has 0 unspecified atom stereocenters. The molecule has 1 heterocycles. The fourth-order valence-corrected chi connectivity index (χ4v) is 2.92. The lowest BCUT2D eigenvalue weighted by Crippen LogP contribution is -2.29. The highest BCUT2D eigenvalue weighted by atomic mass is 16.4. The summed E-state index contributed by atoms with van der Waals surface area (Å²) >= 11 is 0. The number of aliphatic carboxylic acids is 1. The first kappa shape index (κ1) is 13.8. The fourth-order valence-electron chi connectivity index (χ4n) is 2.92. The number of hydrogen-bond donors (Lipinski definition) is 2. The second kappa shape index (κ2) is 6.10. The van der Waals surface area contributed by atoms with E-state index in [1.165, 1.54) is 16.7 Å². The Kier molecular flexibility index (Phi) is 4.02. The summed E-state index contributed by atoms with van der Waals surface area (Å²) in [6.07, 6.45) is 1.61. The van der Waals surface area contributed by atoms with Gasteiger partial charge in [0.2, 0.25) is 0 Å². The molecule has 2 atom stereocenters. The van der Waals surface area contributed by atoms with Gasteiger partial charge >= 0.3 is 5.97 Å². The van der Waals surface area contributed by atoms with Crippen molar-refractivity contribution in [2.45, 2.75) is 24.8 Å². The first-order valence-corrected chi connectivity index (χ1v) is 7.31. The van der Waals surface area contributed by atoms with Crippen LogP contribution >= 0.6 is 0 Å². The summed E-state index contributed by atoms with van der Waals surface area (Å²) in [6.45, 7) is 0.745. The smallest absolute Gasteiger partial charge is 0.320 e. The molecule has 1 aliphatic rings. The van der Waals surface area contributed by atoms with Crippen LogP contribution in [0.4, 0.5) is 0 Å². The molecule has 21 heavy (non-hydrogen) atoms. The van der Waals surface area contributed by atoms with Gasteiger partial charge in [-0.1, -0.05) is 54.6 Å². The van der Waals surface area contributed by atoms with Gasteiger partial charge in [0, 0.05) is 6.54 Å². The number of carboxylic acid groups (broad SMARTS) is 1. The maximum Gasteiger partial charge on any atom is 0.320 e. The lowest BCUT2D eigenvalue weighted by molar-refractivity contribution is -0.139. The van der Waals surface area contributed by atoms with E-state index in [1.807, 2.05) is 6.07 Å². The highest BCUT2D eigenvalue weighted by Gasteiger charge is 2.29. The molecule has 3 rings (SSSR count). The molecule has 0 spiro atoms. The summed E-state index contributed by atoms with van der Waals surface area (Å²) in [7, 11) is 0. The topological polar surface area (TPSA) is 49.3 Å². The van der Waals surface area contributed by atoms with Crippen molar-refractivity contribution in [1.82, 2.24) is 5.32 Å². The average molecular weight is 281 g/mol. The predicted molar refractivity (Wildman–Crippen MR) is 82.5 cm³/mol. The Morgan fingerprint density at radius 2 is 1.71 bits per heavy atom. The molecule has 2 N–H and O–H groups in total. The summed E-state index contributed by atoms with van der Waals surface area (Å²) in [5.41, 5.74) is 3.81. The minimum absolute atomic E-state index is 0.303. The fraction of sp³-hybridized carbons (Fsp3) is 0.278. The van der Waals surface area contributed by atoms with E-state index in [0.717, 1.165) is 13.0 Å². The molecule has 2 aromatic carbocycles. The number of carboxylic acids is 1. The Morgan fingerprint density at radius 3 is 2.33 bits per heavy atom. The van der Waals surface area contributed by atoms with Crippen molar-refractivity contribution in [2.24, 2.45) is 0 Å². The van der Waals surface area contributed by atoms with Gasteiger partial charge in [-0.05, 0) is 35.4 Å². The summed E-state index contributed by atoms with van der Waals surface area (Å²) in [4.78, 5) is 11.0. The molecule has 1 saturated heterocycles. The van der Waals surface area contributed by atoms with Crippen LogP contribution < -0.4 is 5.32 Å². The Hall–Kier alpha value is -2.13. The second-order valence-corrected chi connectivity index (χ2v) is 5.64. The largest absolute Gasteiger partial charge is 0.480 e.